The van der Waals surface area contributed by atoms with Crippen LogP contribution in [0.1, 0.15) is 41.4 Å². The summed E-state index contributed by atoms with van der Waals surface area (Å²) < 4.78 is 5.55. The van der Waals surface area contributed by atoms with Crippen molar-refractivity contribution in [2.45, 2.75) is 38.7 Å². The quantitative estimate of drug-likeness (QED) is 0.640. The Bertz CT molecular complexity index is 498. The van der Waals surface area contributed by atoms with Gasteiger partial charge in [0.05, 0.1) is 18.2 Å². The summed E-state index contributed by atoms with van der Waals surface area (Å²) in [6.45, 7) is 3.37. The SMILES string of the molecule is CCCc1cc(C(=O)NN(CC2CCCO2)C(N)=S)cs1. The van der Waals surface area contributed by atoms with Crippen LogP contribution in [0.25, 0.3) is 0 Å². The minimum absolute atomic E-state index is 0.0740. The molecule has 1 atom stereocenters. The van der Waals surface area contributed by atoms with Crippen molar-refractivity contribution in [3.05, 3.63) is 21.9 Å². The molecule has 0 aromatic carbocycles. The highest BCUT2D eigenvalue weighted by Gasteiger charge is 2.22. The Morgan fingerprint density at radius 1 is 1.67 bits per heavy atom. The predicted octanol–water partition coefficient (Wildman–Crippen LogP) is 2.07. The maximum Gasteiger partial charge on any atom is 0.270 e. The standard InChI is InChI=1S/C14H21N3O2S2/c1-2-4-12-7-10(9-21-12)13(18)16-17(14(15)20)8-11-5-3-6-19-11/h7,9,11H,2-6,8H2,1H3,(H2,15,20)(H,16,18). The zero-order chi connectivity index (χ0) is 15.2. The maximum absolute atomic E-state index is 12.2. The Morgan fingerprint density at radius 2 is 2.48 bits per heavy atom. The molecule has 21 heavy (non-hydrogen) atoms. The molecule has 3 N–H and O–H groups in total. The molecule has 2 rings (SSSR count). The third-order valence-corrected chi connectivity index (χ3v) is 4.54. The number of hydrogen-bond acceptors (Lipinski definition) is 4. The first-order valence-electron chi connectivity index (χ1n) is 7.17. The molecule has 0 bridgehead atoms. The fraction of sp³-hybridized carbons (Fsp3) is 0.571. The van der Waals surface area contributed by atoms with Crippen LogP contribution < -0.4 is 11.2 Å². The maximum atomic E-state index is 12.2. The number of nitrogens with zero attached hydrogens (tertiary/aromatic N) is 1. The van der Waals surface area contributed by atoms with E-state index in [-0.39, 0.29) is 17.1 Å². The Morgan fingerprint density at radius 3 is 3.10 bits per heavy atom. The van der Waals surface area contributed by atoms with Gasteiger partial charge in [0.2, 0.25) is 0 Å². The van der Waals surface area contributed by atoms with E-state index in [4.69, 9.17) is 22.7 Å². The van der Waals surface area contributed by atoms with Gasteiger partial charge in [0.15, 0.2) is 5.11 Å². The molecular formula is C14H21N3O2S2. The molecule has 0 spiro atoms. The Balaban J connectivity index is 1.94. The molecular weight excluding hydrogens is 306 g/mol. The molecule has 1 aliphatic heterocycles. The number of nitrogens with two attached hydrogens (primary N) is 1. The second-order valence-corrected chi connectivity index (χ2v) is 6.49. The molecule has 7 heteroatoms. The number of carbonyl (C=O) groups excluding carboxylic acids is 1. The van der Waals surface area contributed by atoms with Crippen molar-refractivity contribution in [3.8, 4) is 0 Å². The number of hydrogen-bond donors (Lipinski definition) is 2. The van der Waals surface area contributed by atoms with Gasteiger partial charge in [-0.25, -0.2) is 0 Å². The monoisotopic (exact) mass is 327 g/mol. The Hall–Kier alpha value is -1.18. The van der Waals surface area contributed by atoms with Crippen LogP contribution in [0.3, 0.4) is 0 Å². The third-order valence-electron chi connectivity index (χ3n) is 3.33. The average Bonchev–Trinajstić information content (AvgIpc) is 3.09. The van der Waals surface area contributed by atoms with Gasteiger partial charge in [0.1, 0.15) is 0 Å². The van der Waals surface area contributed by atoms with E-state index < -0.39 is 0 Å². The van der Waals surface area contributed by atoms with Gasteiger partial charge in [-0.1, -0.05) is 13.3 Å². The fourth-order valence-corrected chi connectivity index (χ4v) is 3.34. The smallest absolute Gasteiger partial charge is 0.270 e. The lowest BCUT2D eigenvalue weighted by Gasteiger charge is -2.25. The number of ether oxygens (including phenoxy) is 1. The van der Waals surface area contributed by atoms with Gasteiger partial charge in [0.25, 0.3) is 5.91 Å². The van der Waals surface area contributed by atoms with E-state index in [0.717, 1.165) is 32.3 Å². The van der Waals surface area contributed by atoms with Crippen LogP contribution in [0.5, 0.6) is 0 Å². The Labute approximate surface area is 134 Å². The predicted molar refractivity (Wildman–Crippen MR) is 88.2 cm³/mol. The molecule has 1 unspecified atom stereocenters. The number of thiophene rings is 1. The first kappa shape index (κ1) is 16.2. The van der Waals surface area contributed by atoms with E-state index in [2.05, 4.69) is 12.3 Å². The zero-order valence-electron chi connectivity index (χ0n) is 12.1. The average molecular weight is 327 g/mol. The number of thiocarbonyl (C=S) groups is 1. The van der Waals surface area contributed by atoms with Crippen LogP contribution >= 0.6 is 23.6 Å². The third kappa shape index (κ3) is 4.66. The summed E-state index contributed by atoms with van der Waals surface area (Å²) in [5.74, 6) is -0.181. The number of carbonyl (C=O) groups is 1. The topological polar surface area (TPSA) is 67.6 Å². The molecule has 2 heterocycles. The largest absolute Gasteiger partial charge is 0.376 e. The first-order valence-corrected chi connectivity index (χ1v) is 8.46. The lowest BCUT2D eigenvalue weighted by atomic mass is 10.2. The minimum Gasteiger partial charge on any atom is -0.376 e. The molecule has 1 fully saturated rings. The van der Waals surface area contributed by atoms with Crippen molar-refractivity contribution in [3.63, 3.8) is 0 Å². The van der Waals surface area contributed by atoms with Crippen LogP contribution in [0, 0.1) is 0 Å². The molecule has 0 radical (unpaired) electrons. The fourth-order valence-electron chi connectivity index (χ4n) is 2.25. The van der Waals surface area contributed by atoms with Crippen LogP contribution in [0.15, 0.2) is 11.4 Å². The van der Waals surface area contributed by atoms with Crippen molar-refractivity contribution >= 4 is 34.6 Å². The van der Waals surface area contributed by atoms with Gasteiger partial charge in [-0.05, 0) is 37.5 Å². The van der Waals surface area contributed by atoms with Crippen molar-refractivity contribution in [2.75, 3.05) is 13.2 Å². The summed E-state index contributed by atoms with van der Waals surface area (Å²) >= 11 is 6.61. The van der Waals surface area contributed by atoms with E-state index in [0.29, 0.717) is 12.1 Å². The lowest BCUT2D eigenvalue weighted by Crippen LogP contribution is -2.51. The summed E-state index contributed by atoms with van der Waals surface area (Å²) in [5, 5.41) is 3.53. The van der Waals surface area contributed by atoms with Gasteiger partial charge in [-0.3, -0.25) is 15.2 Å². The number of hydrazine groups is 1. The van der Waals surface area contributed by atoms with Crippen molar-refractivity contribution in [1.29, 1.82) is 0 Å². The minimum atomic E-state index is -0.181. The molecule has 1 saturated heterocycles. The summed E-state index contributed by atoms with van der Waals surface area (Å²) in [5.41, 5.74) is 9.10. The molecule has 1 aliphatic rings. The molecule has 116 valence electrons. The van der Waals surface area contributed by atoms with Crippen LogP contribution in [0.4, 0.5) is 0 Å². The molecule has 0 saturated carbocycles. The highest BCUT2D eigenvalue weighted by atomic mass is 32.1. The van der Waals surface area contributed by atoms with E-state index in [9.17, 15) is 4.79 Å². The van der Waals surface area contributed by atoms with Crippen LogP contribution in [-0.2, 0) is 11.2 Å². The van der Waals surface area contributed by atoms with Crippen molar-refractivity contribution < 1.29 is 9.53 Å². The highest BCUT2D eigenvalue weighted by molar-refractivity contribution is 7.80. The normalized spacial score (nSPS) is 17.7. The first-order chi connectivity index (χ1) is 10.1. The molecule has 1 aromatic rings. The zero-order valence-corrected chi connectivity index (χ0v) is 13.8. The molecule has 1 aromatic heterocycles. The summed E-state index contributed by atoms with van der Waals surface area (Å²) in [7, 11) is 0. The lowest BCUT2D eigenvalue weighted by molar-refractivity contribution is 0.0683. The summed E-state index contributed by atoms with van der Waals surface area (Å²) in [6.07, 6.45) is 4.14. The van der Waals surface area contributed by atoms with E-state index >= 15 is 0 Å². The van der Waals surface area contributed by atoms with Gasteiger partial charge in [-0.2, -0.15) is 0 Å². The van der Waals surface area contributed by atoms with Gasteiger partial charge < -0.3 is 10.5 Å². The van der Waals surface area contributed by atoms with E-state index in [1.165, 1.54) is 9.89 Å². The molecule has 5 nitrogen and oxygen atoms in total. The number of amides is 1. The highest BCUT2D eigenvalue weighted by Crippen LogP contribution is 2.17. The van der Waals surface area contributed by atoms with E-state index in [1.807, 2.05) is 11.4 Å². The van der Waals surface area contributed by atoms with Crippen LogP contribution in [-0.4, -0.2) is 35.3 Å². The van der Waals surface area contributed by atoms with Crippen LogP contribution in [0.2, 0.25) is 0 Å². The number of nitrogens with one attached hydrogen (secondary N) is 1. The van der Waals surface area contributed by atoms with Crippen molar-refractivity contribution in [2.24, 2.45) is 5.73 Å². The molecule has 1 amide bonds. The second kappa shape index (κ2) is 7.72. The Kier molecular flexibility index (Phi) is 5.96. The molecule has 0 aliphatic carbocycles. The van der Waals surface area contributed by atoms with Gasteiger partial charge >= 0.3 is 0 Å². The van der Waals surface area contributed by atoms with Crippen molar-refractivity contribution in [1.82, 2.24) is 10.4 Å². The summed E-state index contributed by atoms with van der Waals surface area (Å²) in [4.78, 5) is 13.5. The number of aryl methyl sites for hydroxylation is 1. The summed E-state index contributed by atoms with van der Waals surface area (Å²) in [6, 6.07) is 1.92. The number of rotatable bonds is 5. The van der Waals surface area contributed by atoms with Gasteiger partial charge in [-0.15, -0.1) is 11.3 Å². The van der Waals surface area contributed by atoms with Gasteiger partial charge in [0, 0.05) is 16.9 Å². The van der Waals surface area contributed by atoms with E-state index in [1.54, 1.807) is 11.3 Å². The second-order valence-electron chi connectivity index (χ2n) is 5.08.